The van der Waals surface area contributed by atoms with Crippen molar-refractivity contribution in [2.45, 2.75) is 23.1 Å². The zero-order chi connectivity index (χ0) is 15.2. The van der Waals surface area contributed by atoms with Crippen LogP contribution in [0.3, 0.4) is 0 Å². The minimum atomic E-state index is -4.53. The Morgan fingerprint density at radius 2 is 1.90 bits per heavy atom. The second kappa shape index (κ2) is 7.51. The smallest absolute Gasteiger partial charge is 0.341 e. The monoisotopic (exact) mass is 308 g/mol. The van der Waals surface area contributed by atoms with E-state index in [4.69, 9.17) is 10.5 Å². The summed E-state index contributed by atoms with van der Waals surface area (Å²) >= 11 is 0. The van der Waals surface area contributed by atoms with E-state index in [1.54, 1.807) is 7.11 Å². The molecule has 1 atom stereocenters. The maximum absolute atomic E-state index is 12.3. The van der Waals surface area contributed by atoms with Crippen LogP contribution in [0, 0.1) is 0 Å². The summed E-state index contributed by atoms with van der Waals surface area (Å²) in [5.74, 6) is -3.41. The van der Waals surface area contributed by atoms with Gasteiger partial charge in [-0.2, -0.15) is 8.78 Å². The lowest BCUT2D eigenvalue weighted by molar-refractivity contribution is 0.178. The number of ether oxygens (including phenoxy) is 1. The number of alkyl halides is 2. The van der Waals surface area contributed by atoms with Crippen LogP contribution in [-0.4, -0.2) is 40.5 Å². The minimum absolute atomic E-state index is 0.0917. The number of hydrogen-bond acceptors (Lipinski definition) is 5. The third-order valence-electron chi connectivity index (χ3n) is 2.64. The second-order valence-electron chi connectivity index (χ2n) is 4.26. The molecule has 5 nitrogen and oxygen atoms in total. The maximum Gasteiger partial charge on any atom is 0.341 e. The molecular weight excluding hydrogens is 290 g/mol. The van der Waals surface area contributed by atoms with E-state index in [-0.39, 0.29) is 6.04 Å². The Morgan fingerprint density at radius 1 is 1.30 bits per heavy atom. The third kappa shape index (κ3) is 4.69. The summed E-state index contributed by atoms with van der Waals surface area (Å²) in [6.45, 7) is 1.03. The highest BCUT2D eigenvalue weighted by atomic mass is 32.2. The van der Waals surface area contributed by atoms with Gasteiger partial charge in [0.2, 0.25) is 9.84 Å². The molecule has 0 aliphatic rings. The number of anilines is 1. The molecule has 1 unspecified atom stereocenters. The average Bonchev–Trinajstić information content (AvgIpc) is 2.39. The Kier molecular flexibility index (Phi) is 6.31. The molecule has 20 heavy (non-hydrogen) atoms. The van der Waals surface area contributed by atoms with Crippen molar-refractivity contribution in [3.05, 3.63) is 24.3 Å². The minimum Gasteiger partial charge on any atom is -0.385 e. The summed E-state index contributed by atoms with van der Waals surface area (Å²) in [5, 5.41) is 3.02. The fraction of sp³-hybridized carbons (Fsp3) is 0.500. The first-order chi connectivity index (χ1) is 9.37. The summed E-state index contributed by atoms with van der Waals surface area (Å²) in [6, 6.07) is 5.09. The van der Waals surface area contributed by atoms with Gasteiger partial charge in [-0.3, -0.25) is 0 Å². The number of sulfone groups is 1. The van der Waals surface area contributed by atoms with Gasteiger partial charge in [-0.1, -0.05) is 0 Å². The van der Waals surface area contributed by atoms with E-state index in [1.165, 1.54) is 12.1 Å². The number of nitrogens with one attached hydrogen (secondary N) is 1. The Morgan fingerprint density at radius 3 is 2.40 bits per heavy atom. The van der Waals surface area contributed by atoms with E-state index in [0.717, 1.165) is 12.1 Å². The first-order valence-electron chi connectivity index (χ1n) is 5.98. The molecule has 0 aromatic heterocycles. The molecule has 0 bridgehead atoms. The van der Waals surface area contributed by atoms with Crippen LogP contribution in [0.4, 0.5) is 14.5 Å². The first-order valence-corrected chi connectivity index (χ1v) is 7.53. The molecule has 0 fully saturated rings. The van der Waals surface area contributed by atoms with E-state index in [2.05, 4.69) is 5.32 Å². The van der Waals surface area contributed by atoms with Crippen LogP contribution < -0.4 is 11.1 Å². The highest BCUT2D eigenvalue weighted by Gasteiger charge is 2.26. The van der Waals surface area contributed by atoms with Crippen molar-refractivity contribution in [2.24, 2.45) is 5.73 Å². The van der Waals surface area contributed by atoms with Gasteiger partial charge in [0.25, 0.3) is 0 Å². The van der Waals surface area contributed by atoms with Crippen molar-refractivity contribution in [3.8, 4) is 0 Å². The highest BCUT2D eigenvalue weighted by Crippen LogP contribution is 2.20. The number of halogens is 2. The second-order valence-corrected chi connectivity index (χ2v) is 6.18. The van der Waals surface area contributed by atoms with E-state index in [9.17, 15) is 17.2 Å². The van der Waals surface area contributed by atoms with Crippen LogP contribution in [0.25, 0.3) is 0 Å². The molecule has 0 aliphatic heterocycles. The van der Waals surface area contributed by atoms with Gasteiger partial charge in [0.05, 0.1) is 11.5 Å². The molecule has 1 aromatic carbocycles. The summed E-state index contributed by atoms with van der Waals surface area (Å²) in [6.07, 6.45) is 0.672. The molecule has 1 rings (SSSR count). The van der Waals surface area contributed by atoms with Crippen molar-refractivity contribution in [1.29, 1.82) is 0 Å². The largest absolute Gasteiger partial charge is 0.385 e. The zero-order valence-corrected chi connectivity index (χ0v) is 11.9. The molecule has 0 aliphatic carbocycles. The number of methoxy groups -OCH3 is 1. The van der Waals surface area contributed by atoms with Crippen LogP contribution in [0.5, 0.6) is 0 Å². The van der Waals surface area contributed by atoms with Gasteiger partial charge in [-0.15, -0.1) is 0 Å². The van der Waals surface area contributed by atoms with Crippen molar-refractivity contribution >= 4 is 15.5 Å². The Labute approximate surface area is 117 Å². The van der Waals surface area contributed by atoms with E-state index in [1.807, 2.05) is 0 Å². The average molecular weight is 308 g/mol. The topological polar surface area (TPSA) is 81.4 Å². The van der Waals surface area contributed by atoms with Gasteiger partial charge in [0.1, 0.15) is 0 Å². The van der Waals surface area contributed by atoms with Crippen molar-refractivity contribution in [2.75, 3.05) is 25.6 Å². The van der Waals surface area contributed by atoms with Crippen LogP contribution in [0.15, 0.2) is 29.2 Å². The Balaban J connectivity index is 2.56. The molecule has 8 heteroatoms. The van der Waals surface area contributed by atoms with Gasteiger partial charge in [0, 0.05) is 25.4 Å². The molecule has 0 spiro atoms. The standard InChI is InChI=1S/C12H18F2N2O3S/c1-19-8-9(15)6-7-16-10-2-4-11(5-3-10)20(17,18)12(13)14/h2-5,9,12,16H,6-8,15H2,1H3. The molecule has 3 N–H and O–H groups in total. The summed E-state index contributed by atoms with van der Waals surface area (Å²) in [5.41, 5.74) is 6.38. The SMILES string of the molecule is COCC(N)CCNc1ccc(S(=O)(=O)C(F)F)cc1. The van der Waals surface area contributed by atoms with Gasteiger partial charge in [0.15, 0.2) is 0 Å². The van der Waals surface area contributed by atoms with Gasteiger partial charge in [-0.05, 0) is 30.7 Å². The zero-order valence-electron chi connectivity index (χ0n) is 11.1. The lowest BCUT2D eigenvalue weighted by Crippen LogP contribution is -2.28. The van der Waals surface area contributed by atoms with Crippen LogP contribution in [0.1, 0.15) is 6.42 Å². The summed E-state index contributed by atoms with van der Waals surface area (Å²) in [4.78, 5) is -0.394. The first kappa shape index (κ1) is 16.8. The lowest BCUT2D eigenvalue weighted by atomic mass is 10.2. The Hall–Kier alpha value is -1.25. The van der Waals surface area contributed by atoms with Crippen LogP contribution >= 0.6 is 0 Å². The Bertz CT molecular complexity index is 506. The van der Waals surface area contributed by atoms with Crippen molar-refractivity contribution in [1.82, 2.24) is 0 Å². The molecule has 1 aromatic rings. The third-order valence-corrected chi connectivity index (χ3v) is 4.04. The van der Waals surface area contributed by atoms with Gasteiger partial charge >= 0.3 is 5.76 Å². The van der Waals surface area contributed by atoms with E-state index >= 15 is 0 Å². The fourth-order valence-corrected chi connectivity index (χ4v) is 2.29. The molecular formula is C12H18F2N2O3S. The van der Waals surface area contributed by atoms with Crippen molar-refractivity contribution in [3.63, 3.8) is 0 Å². The predicted octanol–water partition coefficient (Wildman–Crippen LogP) is 1.46. The highest BCUT2D eigenvalue weighted by molar-refractivity contribution is 7.91. The molecule has 0 saturated carbocycles. The van der Waals surface area contributed by atoms with Crippen LogP contribution in [0.2, 0.25) is 0 Å². The van der Waals surface area contributed by atoms with Crippen LogP contribution in [-0.2, 0) is 14.6 Å². The predicted molar refractivity (Wildman–Crippen MR) is 72.6 cm³/mol. The number of nitrogens with two attached hydrogens (primary N) is 1. The molecule has 0 radical (unpaired) electrons. The summed E-state index contributed by atoms with van der Waals surface area (Å²) in [7, 11) is -2.97. The van der Waals surface area contributed by atoms with Gasteiger partial charge < -0.3 is 15.8 Å². The molecule has 114 valence electrons. The number of rotatable bonds is 8. The summed E-state index contributed by atoms with van der Waals surface area (Å²) < 4.78 is 52.0. The molecule has 0 heterocycles. The fourth-order valence-electron chi connectivity index (χ4n) is 1.56. The lowest BCUT2D eigenvalue weighted by Gasteiger charge is -2.12. The number of hydrogen-bond donors (Lipinski definition) is 2. The van der Waals surface area contributed by atoms with Crippen molar-refractivity contribution < 1.29 is 21.9 Å². The normalized spacial score (nSPS) is 13.4. The van der Waals surface area contributed by atoms with E-state index in [0.29, 0.717) is 25.3 Å². The maximum atomic E-state index is 12.3. The van der Waals surface area contributed by atoms with E-state index < -0.39 is 20.5 Å². The quantitative estimate of drug-likeness (QED) is 0.760. The molecule has 0 saturated heterocycles. The number of benzene rings is 1. The van der Waals surface area contributed by atoms with Gasteiger partial charge in [-0.25, -0.2) is 8.42 Å². The molecule has 0 amide bonds.